The number of carbonyl (C=O) groups excluding carboxylic acids is 1. The van der Waals surface area contributed by atoms with Gasteiger partial charge in [-0.1, -0.05) is 90.5 Å². The summed E-state index contributed by atoms with van der Waals surface area (Å²) in [5.41, 5.74) is 3.62. The Morgan fingerprint density at radius 2 is 1.32 bits per heavy atom. The van der Waals surface area contributed by atoms with Crippen molar-refractivity contribution in [1.29, 1.82) is 0 Å². The maximum atomic E-state index is 13.1. The predicted molar refractivity (Wildman–Crippen MR) is 109 cm³/mol. The molecule has 3 rings (SSSR count). The number of aryl methyl sites for hydroxylation is 1. The van der Waals surface area contributed by atoms with Crippen molar-refractivity contribution in [3.05, 3.63) is 107 Å². The lowest BCUT2D eigenvalue weighted by atomic mass is 9.90. The molecule has 0 saturated carbocycles. The SMILES string of the molecule is Cc1ccc(C[C@@H](NC(=O)C(c2ccccc2)c2ccccc2)C(=O)O)cc1. The zero-order chi connectivity index (χ0) is 19.9. The van der Waals surface area contributed by atoms with Gasteiger partial charge in [-0.2, -0.15) is 0 Å². The molecule has 0 heterocycles. The van der Waals surface area contributed by atoms with Gasteiger partial charge in [0.2, 0.25) is 5.91 Å². The highest BCUT2D eigenvalue weighted by Gasteiger charge is 2.27. The summed E-state index contributed by atoms with van der Waals surface area (Å²) in [6.07, 6.45) is 0.234. The molecule has 1 atom stereocenters. The number of hydrogen-bond donors (Lipinski definition) is 2. The van der Waals surface area contributed by atoms with Gasteiger partial charge in [0, 0.05) is 6.42 Å². The van der Waals surface area contributed by atoms with Gasteiger partial charge in [0.15, 0.2) is 0 Å². The van der Waals surface area contributed by atoms with E-state index >= 15 is 0 Å². The second-order valence-corrected chi connectivity index (χ2v) is 6.84. The zero-order valence-electron chi connectivity index (χ0n) is 15.7. The summed E-state index contributed by atoms with van der Waals surface area (Å²) >= 11 is 0. The first kappa shape index (κ1) is 19.4. The molecule has 0 radical (unpaired) electrons. The molecule has 0 aliphatic heterocycles. The minimum absolute atomic E-state index is 0.234. The van der Waals surface area contributed by atoms with Crippen molar-refractivity contribution in [1.82, 2.24) is 5.32 Å². The highest BCUT2D eigenvalue weighted by Crippen LogP contribution is 2.25. The van der Waals surface area contributed by atoms with Crippen LogP contribution in [0.4, 0.5) is 0 Å². The molecule has 142 valence electrons. The van der Waals surface area contributed by atoms with Crippen LogP contribution < -0.4 is 5.32 Å². The second-order valence-electron chi connectivity index (χ2n) is 6.84. The molecule has 3 aromatic carbocycles. The quantitative estimate of drug-likeness (QED) is 0.659. The topological polar surface area (TPSA) is 66.4 Å². The summed E-state index contributed by atoms with van der Waals surface area (Å²) in [5, 5.41) is 12.4. The monoisotopic (exact) mass is 373 g/mol. The van der Waals surface area contributed by atoms with E-state index in [1.165, 1.54) is 0 Å². The van der Waals surface area contributed by atoms with Crippen LogP contribution in [0.15, 0.2) is 84.9 Å². The third kappa shape index (κ3) is 4.86. The van der Waals surface area contributed by atoms with Crippen LogP contribution in [0, 0.1) is 6.92 Å². The minimum atomic E-state index is -1.05. The average molecular weight is 373 g/mol. The molecule has 0 fully saturated rings. The highest BCUT2D eigenvalue weighted by atomic mass is 16.4. The molecule has 1 amide bonds. The Morgan fingerprint density at radius 3 is 1.79 bits per heavy atom. The fraction of sp³-hybridized carbons (Fsp3) is 0.167. The first-order valence-corrected chi connectivity index (χ1v) is 9.23. The average Bonchev–Trinajstić information content (AvgIpc) is 2.71. The van der Waals surface area contributed by atoms with Gasteiger partial charge in [-0.15, -0.1) is 0 Å². The number of carbonyl (C=O) groups is 2. The molecule has 0 aliphatic carbocycles. The highest BCUT2D eigenvalue weighted by molar-refractivity contribution is 5.90. The first-order valence-electron chi connectivity index (χ1n) is 9.23. The van der Waals surface area contributed by atoms with Crippen LogP contribution in [-0.4, -0.2) is 23.0 Å². The maximum Gasteiger partial charge on any atom is 0.326 e. The van der Waals surface area contributed by atoms with E-state index in [-0.39, 0.29) is 12.3 Å². The van der Waals surface area contributed by atoms with Gasteiger partial charge in [0.05, 0.1) is 5.92 Å². The Morgan fingerprint density at radius 1 is 0.821 bits per heavy atom. The summed E-state index contributed by atoms with van der Waals surface area (Å²) in [5.74, 6) is -1.94. The number of hydrogen-bond acceptors (Lipinski definition) is 2. The van der Waals surface area contributed by atoms with Gasteiger partial charge in [0.1, 0.15) is 6.04 Å². The maximum absolute atomic E-state index is 13.1. The number of amides is 1. The molecule has 4 heteroatoms. The molecule has 0 aromatic heterocycles. The van der Waals surface area contributed by atoms with Gasteiger partial charge < -0.3 is 10.4 Å². The minimum Gasteiger partial charge on any atom is -0.480 e. The van der Waals surface area contributed by atoms with Crippen LogP contribution in [0.5, 0.6) is 0 Å². The summed E-state index contributed by atoms with van der Waals surface area (Å²) in [4.78, 5) is 24.9. The summed E-state index contributed by atoms with van der Waals surface area (Å²) < 4.78 is 0. The number of nitrogens with one attached hydrogen (secondary N) is 1. The number of rotatable bonds is 7. The van der Waals surface area contributed by atoms with Crippen LogP contribution in [0.1, 0.15) is 28.2 Å². The molecule has 0 aliphatic rings. The van der Waals surface area contributed by atoms with Crippen molar-refractivity contribution in [3.8, 4) is 0 Å². The molecule has 4 nitrogen and oxygen atoms in total. The predicted octanol–water partition coefficient (Wildman–Crippen LogP) is 3.94. The van der Waals surface area contributed by atoms with E-state index in [2.05, 4.69) is 5.32 Å². The van der Waals surface area contributed by atoms with Crippen molar-refractivity contribution in [2.45, 2.75) is 25.3 Å². The molecule has 0 unspecified atom stereocenters. The lowest BCUT2D eigenvalue weighted by Gasteiger charge is -2.21. The number of aliphatic carboxylic acids is 1. The van der Waals surface area contributed by atoms with Crippen LogP contribution in [-0.2, 0) is 16.0 Å². The Balaban J connectivity index is 1.85. The van der Waals surface area contributed by atoms with Crippen LogP contribution in [0.25, 0.3) is 0 Å². The first-order chi connectivity index (χ1) is 13.5. The fourth-order valence-corrected chi connectivity index (χ4v) is 3.20. The summed E-state index contributed by atoms with van der Waals surface area (Å²) in [7, 11) is 0. The number of carboxylic acid groups (broad SMARTS) is 1. The van der Waals surface area contributed by atoms with Crippen molar-refractivity contribution >= 4 is 11.9 Å². The summed E-state index contributed by atoms with van der Waals surface area (Å²) in [6.45, 7) is 1.98. The molecule has 28 heavy (non-hydrogen) atoms. The number of carboxylic acids is 1. The van der Waals surface area contributed by atoms with Crippen LogP contribution >= 0.6 is 0 Å². The third-order valence-corrected chi connectivity index (χ3v) is 4.70. The molecular weight excluding hydrogens is 350 g/mol. The van der Waals surface area contributed by atoms with Crippen LogP contribution in [0.2, 0.25) is 0 Å². The van der Waals surface area contributed by atoms with Gasteiger partial charge in [-0.05, 0) is 23.6 Å². The van der Waals surface area contributed by atoms with E-state index in [1.807, 2.05) is 91.9 Å². The van der Waals surface area contributed by atoms with Crippen molar-refractivity contribution in [2.24, 2.45) is 0 Å². The molecule has 2 N–H and O–H groups in total. The van der Waals surface area contributed by atoms with Crippen LogP contribution in [0.3, 0.4) is 0 Å². The zero-order valence-corrected chi connectivity index (χ0v) is 15.7. The van der Waals surface area contributed by atoms with Gasteiger partial charge in [-0.25, -0.2) is 4.79 Å². The lowest BCUT2D eigenvalue weighted by molar-refractivity contribution is -0.141. The Bertz CT molecular complexity index is 882. The van der Waals surface area contributed by atoms with Gasteiger partial charge in [-0.3, -0.25) is 4.79 Å². The molecule has 3 aromatic rings. The number of benzene rings is 3. The van der Waals surface area contributed by atoms with E-state index < -0.39 is 17.9 Å². The molecule has 0 spiro atoms. The van der Waals surface area contributed by atoms with Crippen molar-refractivity contribution in [3.63, 3.8) is 0 Å². The van der Waals surface area contributed by atoms with E-state index in [9.17, 15) is 14.7 Å². The normalized spacial score (nSPS) is 11.8. The Kier molecular flexibility index (Phi) is 6.22. The smallest absolute Gasteiger partial charge is 0.326 e. The molecule has 0 bridgehead atoms. The standard InChI is InChI=1S/C24H23NO3/c1-17-12-14-18(15-13-17)16-21(24(27)28)25-23(26)22(19-8-4-2-5-9-19)20-10-6-3-7-11-20/h2-15,21-22H,16H2,1H3,(H,25,26)(H,27,28)/t21-/m1/s1. The fourth-order valence-electron chi connectivity index (χ4n) is 3.20. The van der Waals surface area contributed by atoms with Gasteiger partial charge in [0.25, 0.3) is 0 Å². The lowest BCUT2D eigenvalue weighted by Crippen LogP contribution is -2.44. The van der Waals surface area contributed by atoms with E-state index in [4.69, 9.17) is 0 Å². The van der Waals surface area contributed by atoms with E-state index in [1.54, 1.807) is 0 Å². The largest absolute Gasteiger partial charge is 0.480 e. The van der Waals surface area contributed by atoms with E-state index in [0.29, 0.717) is 0 Å². The third-order valence-electron chi connectivity index (χ3n) is 4.70. The van der Waals surface area contributed by atoms with Crippen molar-refractivity contribution < 1.29 is 14.7 Å². The van der Waals surface area contributed by atoms with Gasteiger partial charge >= 0.3 is 5.97 Å². The Hall–Kier alpha value is -3.40. The van der Waals surface area contributed by atoms with Crippen molar-refractivity contribution in [2.75, 3.05) is 0 Å². The van der Waals surface area contributed by atoms with E-state index in [0.717, 1.165) is 22.3 Å². The Labute approximate surface area is 164 Å². The summed E-state index contributed by atoms with van der Waals surface area (Å²) in [6, 6.07) is 25.5. The molecular formula is C24H23NO3. The second kappa shape index (κ2) is 9.00. The molecule has 0 saturated heterocycles.